The quantitative estimate of drug-likeness (QED) is 0.803. The van der Waals surface area contributed by atoms with Gasteiger partial charge in [0.15, 0.2) is 6.04 Å². The van der Waals surface area contributed by atoms with Crippen LogP contribution in [0.2, 0.25) is 0 Å². The number of ether oxygens (including phenoxy) is 2. The third kappa shape index (κ3) is 3.94. The maximum atomic E-state index is 11.0. The van der Waals surface area contributed by atoms with Crippen LogP contribution < -0.4 is 4.74 Å². The molecule has 2 unspecified atom stereocenters. The number of nitrogens with zero attached hydrogens (tertiary/aromatic N) is 2. The minimum absolute atomic E-state index is 0.248. The molecule has 0 aliphatic carbocycles. The molecule has 1 N–H and O–H groups in total. The average molecular weight is 397 g/mol. The van der Waals surface area contributed by atoms with Crippen molar-refractivity contribution in [2.75, 3.05) is 24.7 Å². The number of carboxylic acids is 1. The zero-order chi connectivity index (χ0) is 17.2. The highest BCUT2D eigenvalue weighted by atomic mass is 32.2. The normalized spacial score (nSPS) is 23.1. The molecule has 3 heterocycles. The average Bonchev–Trinajstić information content (AvgIpc) is 3.34. The van der Waals surface area contributed by atoms with E-state index in [1.165, 1.54) is 23.1 Å². The summed E-state index contributed by atoms with van der Waals surface area (Å²) in [6.45, 7) is 1.45. The number of fused-ring (bicyclic) bond motifs is 1. The van der Waals surface area contributed by atoms with Crippen molar-refractivity contribution in [3.8, 4) is 5.75 Å². The number of thioether (sulfide) groups is 2. The second-order valence-corrected chi connectivity index (χ2v) is 8.86. The Kier molecular flexibility index (Phi) is 5.16. The highest BCUT2D eigenvalue weighted by molar-refractivity contribution is 8.15. The van der Waals surface area contributed by atoms with Gasteiger partial charge in [0.25, 0.3) is 0 Å². The van der Waals surface area contributed by atoms with Gasteiger partial charge in [-0.1, -0.05) is 0 Å². The molecule has 9 heteroatoms. The van der Waals surface area contributed by atoms with Crippen molar-refractivity contribution >= 4 is 56.1 Å². The number of benzene rings is 1. The van der Waals surface area contributed by atoms with Gasteiger partial charge in [-0.15, -0.1) is 34.9 Å². The highest BCUT2D eigenvalue weighted by Crippen LogP contribution is 2.32. The Morgan fingerprint density at radius 3 is 3.12 bits per heavy atom. The molecule has 1 aromatic carbocycles. The molecule has 0 spiro atoms. The Balaban J connectivity index is 1.44. The van der Waals surface area contributed by atoms with Crippen molar-refractivity contribution in [1.29, 1.82) is 0 Å². The van der Waals surface area contributed by atoms with Gasteiger partial charge in [-0.2, -0.15) is 0 Å². The topological polar surface area (TPSA) is 81.0 Å². The van der Waals surface area contributed by atoms with Crippen LogP contribution in [-0.2, 0) is 9.53 Å². The Labute approximate surface area is 157 Å². The third-order valence-corrected chi connectivity index (χ3v) is 7.15. The van der Waals surface area contributed by atoms with Crippen LogP contribution in [0, 0.1) is 0 Å². The van der Waals surface area contributed by atoms with Gasteiger partial charge in [-0.25, -0.2) is 9.78 Å². The van der Waals surface area contributed by atoms with Crippen LogP contribution in [0.5, 0.6) is 5.75 Å². The second-order valence-electron chi connectivity index (χ2n) is 5.56. The van der Waals surface area contributed by atoms with E-state index in [0.29, 0.717) is 17.4 Å². The summed E-state index contributed by atoms with van der Waals surface area (Å²) < 4.78 is 12.4. The summed E-state index contributed by atoms with van der Waals surface area (Å²) in [6.07, 6.45) is 0.876. The lowest BCUT2D eigenvalue weighted by molar-refractivity contribution is -0.137. The summed E-state index contributed by atoms with van der Waals surface area (Å²) in [7, 11) is 0. The molecule has 0 saturated carbocycles. The number of carbonyl (C=O) groups is 1. The minimum atomic E-state index is -0.885. The smallest absolute Gasteiger partial charge is 0.329 e. The van der Waals surface area contributed by atoms with E-state index in [1.807, 2.05) is 30.0 Å². The van der Waals surface area contributed by atoms with Gasteiger partial charge in [-0.3, -0.25) is 4.99 Å². The monoisotopic (exact) mass is 396 g/mol. The van der Waals surface area contributed by atoms with Crippen LogP contribution in [0.1, 0.15) is 11.4 Å². The summed E-state index contributed by atoms with van der Waals surface area (Å²) in [4.78, 5) is 19.8. The third-order valence-electron chi connectivity index (χ3n) is 3.79. The Hall–Kier alpha value is -1.29. The predicted octanol–water partition coefficient (Wildman–Crippen LogP) is 3.10. The first-order valence-electron chi connectivity index (χ1n) is 7.89. The number of carboxylic acid groups (broad SMARTS) is 1. The number of aliphatic imine (C=N–C) groups is 1. The largest absolute Gasteiger partial charge is 0.493 e. The van der Waals surface area contributed by atoms with E-state index >= 15 is 0 Å². The molecule has 1 saturated heterocycles. The van der Waals surface area contributed by atoms with Crippen LogP contribution in [0.25, 0.3) is 10.2 Å². The number of rotatable bonds is 6. The molecule has 25 heavy (non-hydrogen) atoms. The van der Waals surface area contributed by atoms with E-state index < -0.39 is 12.0 Å². The van der Waals surface area contributed by atoms with Crippen LogP contribution in [-0.4, -0.2) is 57.3 Å². The molecule has 1 aromatic heterocycles. The molecule has 2 aliphatic rings. The van der Waals surface area contributed by atoms with Crippen LogP contribution in [0.15, 0.2) is 23.2 Å². The molecular formula is C16H16N2O4S3. The fourth-order valence-corrected chi connectivity index (χ4v) is 5.55. The number of thiazole rings is 1. The zero-order valence-electron chi connectivity index (χ0n) is 13.2. The van der Waals surface area contributed by atoms with Crippen LogP contribution in [0.3, 0.4) is 0 Å². The van der Waals surface area contributed by atoms with Crippen molar-refractivity contribution in [3.05, 3.63) is 23.2 Å². The zero-order valence-corrected chi connectivity index (χ0v) is 15.7. The summed E-state index contributed by atoms with van der Waals surface area (Å²) in [5.74, 6) is 1.46. The van der Waals surface area contributed by atoms with E-state index in [1.54, 1.807) is 0 Å². The van der Waals surface area contributed by atoms with Gasteiger partial charge in [0.05, 0.1) is 23.4 Å². The van der Waals surface area contributed by atoms with E-state index in [9.17, 15) is 4.79 Å². The maximum Gasteiger partial charge on any atom is 0.329 e. The molecule has 4 rings (SSSR count). The SMILES string of the molecule is O=C(O)C1CSC(c2nc3ccc(OCCC4OCCS4)cc3s2)=N1. The van der Waals surface area contributed by atoms with E-state index in [-0.39, 0.29) is 5.44 Å². The number of hydrogen-bond acceptors (Lipinski definition) is 8. The van der Waals surface area contributed by atoms with Gasteiger partial charge < -0.3 is 14.6 Å². The molecule has 132 valence electrons. The maximum absolute atomic E-state index is 11.0. The highest BCUT2D eigenvalue weighted by Gasteiger charge is 2.26. The summed E-state index contributed by atoms with van der Waals surface area (Å²) in [5, 5.41) is 10.5. The first kappa shape index (κ1) is 17.1. The first-order valence-corrected chi connectivity index (χ1v) is 10.7. The molecule has 0 radical (unpaired) electrons. The second kappa shape index (κ2) is 7.53. The molecule has 2 atom stereocenters. The Morgan fingerprint density at radius 2 is 2.36 bits per heavy atom. The van der Waals surface area contributed by atoms with Crippen molar-refractivity contribution in [2.24, 2.45) is 4.99 Å². The summed E-state index contributed by atoms with van der Waals surface area (Å²) in [5.41, 5.74) is 1.13. The van der Waals surface area contributed by atoms with Gasteiger partial charge in [0.1, 0.15) is 21.2 Å². The molecule has 2 aliphatic heterocycles. The van der Waals surface area contributed by atoms with Gasteiger partial charge in [-0.05, 0) is 18.2 Å². The van der Waals surface area contributed by atoms with Crippen LogP contribution in [0.4, 0.5) is 0 Å². The van der Waals surface area contributed by atoms with Gasteiger partial charge >= 0.3 is 5.97 Å². The molecule has 2 aromatic rings. The van der Waals surface area contributed by atoms with Crippen molar-refractivity contribution < 1.29 is 19.4 Å². The van der Waals surface area contributed by atoms with Crippen molar-refractivity contribution in [1.82, 2.24) is 4.98 Å². The lowest BCUT2D eigenvalue weighted by atomic mass is 10.3. The Morgan fingerprint density at radius 1 is 1.44 bits per heavy atom. The van der Waals surface area contributed by atoms with Gasteiger partial charge in [0, 0.05) is 17.9 Å². The van der Waals surface area contributed by atoms with E-state index in [2.05, 4.69) is 9.98 Å². The molecule has 0 bridgehead atoms. The fraction of sp³-hybridized carbons (Fsp3) is 0.438. The standard InChI is InChI=1S/C16H16N2O4S3/c19-16(20)11-8-24-14(18-11)15-17-10-2-1-9(7-12(10)25-15)21-4-3-13-22-5-6-23-13/h1-2,7,11,13H,3-6,8H2,(H,19,20). The predicted molar refractivity (Wildman–Crippen MR) is 102 cm³/mol. The lowest BCUT2D eigenvalue weighted by Crippen LogP contribution is -2.17. The van der Waals surface area contributed by atoms with Gasteiger partial charge in [0.2, 0.25) is 0 Å². The summed E-state index contributed by atoms with van der Waals surface area (Å²) in [6, 6.07) is 5.16. The number of hydrogen-bond donors (Lipinski definition) is 1. The minimum Gasteiger partial charge on any atom is -0.493 e. The van der Waals surface area contributed by atoms with E-state index in [4.69, 9.17) is 14.6 Å². The summed E-state index contributed by atoms with van der Waals surface area (Å²) >= 11 is 4.80. The first-order chi connectivity index (χ1) is 12.2. The molecule has 6 nitrogen and oxygen atoms in total. The van der Waals surface area contributed by atoms with Crippen LogP contribution >= 0.6 is 34.9 Å². The van der Waals surface area contributed by atoms with Crippen molar-refractivity contribution in [3.63, 3.8) is 0 Å². The molecular weight excluding hydrogens is 380 g/mol. The molecule has 0 amide bonds. The van der Waals surface area contributed by atoms with Crippen molar-refractivity contribution in [2.45, 2.75) is 17.9 Å². The fourth-order valence-electron chi connectivity index (χ4n) is 2.55. The van der Waals surface area contributed by atoms with E-state index in [0.717, 1.165) is 39.8 Å². The number of aliphatic carboxylic acids is 1. The molecule has 1 fully saturated rings. The number of aromatic nitrogens is 1. The Bertz CT molecular complexity index is 817. The lowest BCUT2D eigenvalue weighted by Gasteiger charge is -2.09.